The summed E-state index contributed by atoms with van der Waals surface area (Å²) in [6.45, 7) is 4.52. The number of halogens is 1. The molecule has 0 fully saturated rings. The van der Waals surface area contributed by atoms with Gasteiger partial charge < -0.3 is 15.8 Å². The standard InChI is InChI=1S/C13H20BrN3O2/c1-3-17(6-7-19-2)9-13(18)16-12-5-4-10(15)8-11(12)14/h4-5,8H,3,6-7,9,15H2,1-2H3,(H,16,18). The van der Waals surface area contributed by atoms with Crippen LogP contribution in [0.2, 0.25) is 0 Å². The third kappa shape index (κ3) is 5.59. The van der Waals surface area contributed by atoms with Crippen LogP contribution >= 0.6 is 15.9 Å². The molecule has 0 atom stereocenters. The van der Waals surface area contributed by atoms with Crippen molar-refractivity contribution in [2.75, 3.05) is 44.4 Å². The number of amides is 1. The van der Waals surface area contributed by atoms with Crippen molar-refractivity contribution in [3.8, 4) is 0 Å². The first-order valence-corrected chi connectivity index (χ1v) is 6.92. The molecule has 106 valence electrons. The highest BCUT2D eigenvalue weighted by atomic mass is 79.9. The quantitative estimate of drug-likeness (QED) is 0.750. The molecule has 0 aromatic heterocycles. The van der Waals surface area contributed by atoms with Crippen LogP contribution in [0.15, 0.2) is 22.7 Å². The van der Waals surface area contributed by atoms with Crippen LogP contribution in [0.1, 0.15) is 6.92 Å². The zero-order chi connectivity index (χ0) is 14.3. The molecule has 1 amide bonds. The Labute approximate surface area is 122 Å². The van der Waals surface area contributed by atoms with E-state index in [-0.39, 0.29) is 5.91 Å². The lowest BCUT2D eigenvalue weighted by Gasteiger charge is -2.19. The average molecular weight is 330 g/mol. The summed E-state index contributed by atoms with van der Waals surface area (Å²) in [5.74, 6) is -0.0524. The Balaban J connectivity index is 2.54. The molecule has 5 nitrogen and oxygen atoms in total. The molecule has 1 rings (SSSR count). The smallest absolute Gasteiger partial charge is 0.238 e. The Bertz CT molecular complexity index is 426. The molecular weight excluding hydrogens is 310 g/mol. The minimum Gasteiger partial charge on any atom is -0.399 e. The van der Waals surface area contributed by atoms with Crippen LogP contribution in [0.25, 0.3) is 0 Å². The molecule has 0 aliphatic rings. The first-order chi connectivity index (χ1) is 9.06. The minimum absolute atomic E-state index is 0.0524. The normalized spacial score (nSPS) is 10.7. The fourth-order valence-corrected chi connectivity index (χ4v) is 2.09. The fourth-order valence-electron chi connectivity index (χ4n) is 1.59. The maximum absolute atomic E-state index is 11.9. The van der Waals surface area contributed by atoms with Crippen molar-refractivity contribution >= 4 is 33.2 Å². The molecule has 0 spiro atoms. The lowest BCUT2D eigenvalue weighted by Crippen LogP contribution is -2.35. The predicted octanol–water partition coefficient (Wildman–Crippen LogP) is 1.94. The number of ether oxygens (including phenoxy) is 1. The average Bonchev–Trinajstić information content (AvgIpc) is 2.38. The second-order valence-electron chi connectivity index (χ2n) is 4.15. The largest absolute Gasteiger partial charge is 0.399 e. The Morgan fingerprint density at radius 1 is 1.53 bits per heavy atom. The van der Waals surface area contributed by atoms with Gasteiger partial charge in [-0.1, -0.05) is 6.92 Å². The number of nitrogens with one attached hydrogen (secondary N) is 1. The molecule has 0 aliphatic carbocycles. The molecule has 1 aromatic rings. The van der Waals surface area contributed by atoms with Gasteiger partial charge in [0.15, 0.2) is 0 Å². The topological polar surface area (TPSA) is 67.6 Å². The van der Waals surface area contributed by atoms with Gasteiger partial charge in [-0.25, -0.2) is 0 Å². The molecule has 0 aliphatic heterocycles. The van der Waals surface area contributed by atoms with Gasteiger partial charge in [0.2, 0.25) is 5.91 Å². The predicted molar refractivity (Wildman–Crippen MR) is 81.2 cm³/mol. The van der Waals surface area contributed by atoms with Gasteiger partial charge in [0.25, 0.3) is 0 Å². The van der Waals surface area contributed by atoms with Crippen LogP contribution in [0.5, 0.6) is 0 Å². The molecule has 1 aromatic carbocycles. The molecule has 6 heteroatoms. The fraction of sp³-hybridized carbons (Fsp3) is 0.462. The van der Waals surface area contributed by atoms with Crippen molar-refractivity contribution in [3.05, 3.63) is 22.7 Å². The van der Waals surface area contributed by atoms with Crippen molar-refractivity contribution in [1.29, 1.82) is 0 Å². The van der Waals surface area contributed by atoms with E-state index in [2.05, 4.69) is 21.2 Å². The van der Waals surface area contributed by atoms with E-state index in [4.69, 9.17) is 10.5 Å². The van der Waals surface area contributed by atoms with E-state index in [1.165, 1.54) is 0 Å². The van der Waals surface area contributed by atoms with E-state index >= 15 is 0 Å². The molecule has 0 heterocycles. The van der Waals surface area contributed by atoms with E-state index < -0.39 is 0 Å². The monoisotopic (exact) mass is 329 g/mol. The first-order valence-electron chi connectivity index (χ1n) is 6.13. The van der Waals surface area contributed by atoms with Gasteiger partial charge in [-0.3, -0.25) is 9.69 Å². The first kappa shape index (κ1) is 15.9. The van der Waals surface area contributed by atoms with E-state index in [1.807, 2.05) is 11.8 Å². The number of likely N-dealkylation sites (N-methyl/N-ethyl adjacent to an activating group) is 1. The summed E-state index contributed by atoms with van der Waals surface area (Å²) in [6.07, 6.45) is 0. The highest BCUT2D eigenvalue weighted by Gasteiger charge is 2.10. The van der Waals surface area contributed by atoms with Crippen molar-refractivity contribution in [1.82, 2.24) is 4.90 Å². The number of nitrogens with two attached hydrogens (primary N) is 1. The van der Waals surface area contributed by atoms with Gasteiger partial charge in [0.05, 0.1) is 18.8 Å². The summed E-state index contributed by atoms with van der Waals surface area (Å²) >= 11 is 3.37. The minimum atomic E-state index is -0.0524. The second kappa shape index (κ2) is 8.14. The number of methoxy groups -OCH3 is 1. The summed E-state index contributed by atoms with van der Waals surface area (Å²) in [5, 5.41) is 2.85. The third-order valence-corrected chi connectivity index (χ3v) is 3.35. The molecule has 0 bridgehead atoms. The Kier molecular flexibility index (Phi) is 6.83. The summed E-state index contributed by atoms with van der Waals surface area (Å²) in [6, 6.07) is 5.30. The molecule has 0 radical (unpaired) electrons. The molecule has 3 N–H and O–H groups in total. The SMILES string of the molecule is CCN(CCOC)CC(=O)Nc1ccc(N)cc1Br. The van der Waals surface area contributed by atoms with Crippen molar-refractivity contribution < 1.29 is 9.53 Å². The number of nitrogens with zero attached hydrogens (tertiary/aromatic N) is 1. The second-order valence-corrected chi connectivity index (χ2v) is 5.00. The summed E-state index contributed by atoms with van der Waals surface area (Å²) in [5.41, 5.74) is 7.03. The number of anilines is 2. The van der Waals surface area contributed by atoms with Gasteiger partial charge in [-0.05, 0) is 40.7 Å². The lowest BCUT2D eigenvalue weighted by atomic mass is 10.3. The Hall–Kier alpha value is -1.11. The Morgan fingerprint density at radius 3 is 2.84 bits per heavy atom. The molecule has 0 unspecified atom stereocenters. The number of carbonyl (C=O) groups excluding carboxylic acids is 1. The van der Waals surface area contributed by atoms with Gasteiger partial charge in [-0.2, -0.15) is 0 Å². The van der Waals surface area contributed by atoms with Crippen LogP contribution < -0.4 is 11.1 Å². The van der Waals surface area contributed by atoms with E-state index in [0.717, 1.165) is 23.2 Å². The van der Waals surface area contributed by atoms with Crippen LogP contribution in [-0.2, 0) is 9.53 Å². The maximum atomic E-state index is 11.9. The summed E-state index contributed by atoms with van der Waals surface area (Å²) < 4.78 is 5.79. The van der Waals surface area contributed by atoms with Gasteiger partial charge >= 0.3 is 0 Å². The molecule has 19 heavy (non-hydrogen) atoms. The van der Waals surface area contributed by atoms with Crippen molar-refractivity contribution in [2.24, 2.45) is 0 Å². The highest BCUT2D eigenvalue weighted by molar-refractivity contribution is 9.10. The van der Waals surface area contributed by atoms with Crippen LogP contribution in [0.3, 0.4) is 0 Å². The zero-order valence-corrected chi connectivity index (χ0v) is 12.9. The number of rotatable bonds is 7. The van der Waals surface area contributed by atoms with Crippen LogP contribution in [-0.4, -0.2) is 44.2 Å². The molecule has 0 saturated heterocycles. The number of hydrogen-bond acceptors (Lipinski definition) is 4. The Morgan fingerprint density at radius 2 is 2.26 bits per heavy atom. The number of hydrogen-bond donors (Lipinski definition) is 2. The summed E-state index contributed by atoms with van der Waals surface area (Å²) in [7, 11) is 1.65. The number of benzene rings is 1. The van der Waals surface area contributed by atoms with E-state index in [0.29, 0.717) is 18.8 Å². The number of nitrogen functional groups attached to an aromatic ring is 1. The van der Waals surface area contributed by atoms with Crippen LogP contribution in [0.4, 0.5) is 11.4 Å². The maximum Gasteiger partial charge on any atom is 0.238 e. The molecule has 0 saturated carbocycles. The van der Waals surface area contributed by atoms with E-state index in [9.17, 15) is 4.79 Å². The highest BCUT2D eigenvalue weighted by Crippen LogP contribution is 2.24. The van der Waals surface area contributed by atoms with Gasteiger partial charge in [0.1, 0.15) is 0 Å². The van der Waals surface area contributed by atoms with E-state index in [1.54, 1.807) is 25.3 Å². The van der Waals surface area contributed by atoms with Crippen molar-refractivity contribution in [2.45, 2.75) is 6.92 Å². The zero-order valence-electron chi connectivity index (χ0n) is 11.3. The third-order valence-electron chi connectivity index (χ3n) is 2.69. The van der Waals surface area contributed by atoms with Crippen molar-refractivity contribution in [3.63, 3.8) is 0 Å². The van der Waals surface area contributed by atoms with Gasteiger partial charge in [0, 0.05) is 23.8 Å². The number of carbonyl (C=O) groups is 1. The summed E-state index contributed by atoms with van der Waals surface area (Å²) in [4.78, 5) is 14.0. The van der Waals surface area contributed by atoms with Gasteiger partial charge in [-0.15, -0.1) is 0 Å². The van der Waals surface area contributed by atoms with Crippen LogP contribution in [0, 0.1) is 0 Å². The molecular formula is C13H20BrN3O2. The lowest BCUT2D eigenvalue weighted by molar-refractivity contribution is -0.117.